The number of ether oxygens (including phenoxy) is 1. The largest absolute Gasteiger partial charge is 0.484 e. The number of hydrogen-bond donors (Lipinski definition) is 0. The summed E-state index contributed by atoms with van der Waals surface area (Å²) in [6, 6.07) is 0. The van der Waals surface area contributed by atoms with Gasteiger partial charge < -0.3 is 4.74 Å². The molecular weight excluding hydrogens is 120 g/mol. The summed E-state index contributed by atoms with van der Waals surface area (Å²) in [5.41, 5.74) is 0.343. The van der Waals surface area contributed by atoms with Gasteiger partial charge in [-0.1, -0.05) is 11.8 Å². The molecule has 0 radical (unpaired) electrons. The van der Waals surface area contributed by atoms with Gasteiger partial charge in [0.05, 0.1) is 0 Å². The van der Waals surface area contributed by atoms with Crippen molar-refractivity contribution in [3.63, 3.8) is 0 Å². The van der Waals surface area contributed by atoms with E-state index in [1.165, 1.54) is 4.91 Å². The Morgan fingerprint density at radius 3 is 2.25 bits per heavy atom. The van der Waals surface area contributed by atoms with Crippen LogP contribution in [0.2, 0.25) is 0 Å². The quantitative estimate of drug-likeness (QED) is 0.497. The first-order valence-electron chi connectivity index (χ1n) is 2.71. The highest BCUT2D eigenvalue weighted by atomic mass is 32.2. The summed E-state index contributed by atoms with van der Waals surface area (Å²) in [4.78, 5) is 1.32. The van der Waals surface area contributed by atoms with E-state index in [0.717, 1.165) is 5.76 Å². The molecule has 46 valence electrons. The number of hydrogen-bond acceptors (Lipinski definition) is 2. The van der Waals surface area contributed by atoms with Gasteiger partial charge in [-0.05, 0) is 20.8 Å². The molecule has 0 saturated heterocycles. The Kier molecular flexibility index (Phi) is 1.52. The van der Waals surface area contributed by atoms with Crippen LogP contribution in [-0.4, -0.2) is 5.44 Å². The molecule has 0 aromatic heterocycles. The zero-order valence-corrected chi connectivity index (χ0v) is 6.21. The molecule has 0 bridgehead atoms. The van der Waals surface area contributed by atoms with Gasteiger partial charge in [0, 0.05) is 4.91 Å². The first kappa shape index (κ1) is 6.02. The van der Waals surface area contributed by atoms with Crippen LogP contribution in [0, 0.1) is 0 Å². The van der Waals surface area contributed by atoms with Crippen LogP contribution >= 0.6 is 11.8 Å². The van der Waals surface area contributed by atoms with Crippen LogP contribution < -0.4 is 0 Å². The van der Waals surface area contributed by atoms with Crippen molar-refractivity contribution in [3.05, 3.63) is 10.7 Å². The van der Waals surface area contributed by atoms with Gasteiger partial charge >= 0.3 is 0 Å². The molecule has 8 heavy (non-hydrogen) atoms. The van der Waals surface area contributed by atoms with Crippen molar-refractivity contribution in [2.45, 2.75) is 26.2 Å². The molecule has 1 aliphatic rings. The maximum atomic E-state index is 5.32. The summed E-state index contributed by atoms with van der Waals surface area (Å²) in [5.74, 6) is 1.09. The Balaban J connectivity index is 2.60. The zero-order chi connectivity index (χ0) is 6.15. The summed E-state index contributed by atoms with van der Waals surface area (Å²) in [6.45, 7) is 6.15. The van der Waals surface area contributed by atoms with E-state index in [2.05, 4.69) is 13.8 Å². The molecule has 2 heteroatoms. The van der Waals surface area contributed by atoms with Crippen LogP contribution in [0.15, 0.2) is 10.7 Å². The lowest BCUT2D eigenvalue weighted by Gasteiger charge is -2.00. The van der Waals surface area contributed by atoms with E-state index in [0.29, 0.717) is 5.44 Å². The molecule has 0 saturated carbocycles. The average Bonchev–Trinajstić information content (AvgIpc) is 1.85. The van der Waals surface area contributed by atoms with Gasteiger partial charge in [-0.25, -0.2) is 0 Å². The third-order valence-corrected chi connectivity index (χ3v) is 2.25. The second-order valence-electron chi connectivity index (χ2n) is 1.92. The van der Waals surface area contributed by atoms with E-state index < -0.39 is 0 Å². The lowest BCUT2D eigenvalue weighted by molar-refractivity contribution is 0.211. The molecule has 1 heterocycles. The highest BCUT2D eigenvalue weighted by molar-refractivity contribution is 8.03. The lowest BCUT2D eigenvalue weighted by atomic mass is 10.5. The van der Waals surface area contributed by atoms with Gasteiger partial charge in [-0.2, -0.15) is 0 Å². The molecule has 1 rings (SSSR count). The first-order chi connectivity index (χ1) is 3.70. The van der Waals surface area contributed by atoms with Gasteiger partial charge in [0.15, 0.2) is 0 Å². The van der Waals surface area contributed by atoms with E-state index in [4.69, 9.17) is 4.74 Å². The minimum atomic E-state index is 0.343. The second-order valence-corrected chi connectivity index (χ2v) is 3.43. The van der Waals surface area contributed by atoms with E-state index in [1.54, 1.807) is 11.8 Å². The molecule has 1 aliphatic heterocycles. The van der Waals surface area contributed by atoms with Crippen molar-refractivity contribution in [2.24, 2.45) is 0 Å². The van der Waals surface area contributed by atoms with Crippen molar-refractivity contribution in [2.75, 3.05) is 0 Å². The molecule has 0 spiro atoms. The summed E-state index contributed by atoms with van der Waals surface area (Å²) in [7, 11) is 0. The van der Waals surface area contributed by atoms with Crippen LogP contribution in [0.3, 0.4) is 0 Å². The van der Waals surface area contributed by atoms with Crippen molar-refractivity contribution in [1.82, 2.24) is 0 Å². The maximum absolute atomic E-state index is 5.32. The summed E-state index contributed by atoms with van der Waals surface area (Å²) in [6.07, 6.45) is 0. The molecule has 0 aliphatic carbocycles. The highest BCUT2D eigenvalue weighted by Gasteiger charge is 2.14. The van der Waals surface area contributed by atoms with E-state index in [-0.39, 0.29) is 0 Å². The van der Waals surface area contributed by atoms with Crippen molar-refractivity contribution >= 4 is 11.8 Å². The summed E-state index contributed by atoms with van der Waals surface area (Å²) < 4.78 is 5.32. The molecule has 1 unspecified atom stereocenters. The van der Waals surface area contributed by atoms with E-state index >= 15 is 0 Å². The van der Waals surface area contributed by atoms with Gasteiger partial charge in [-0.3, -0.25) is 0 Å². The Morgan fingerprint density at radius 1 is 1.50 bits per heavy atom. The second kappa shape index (κ2) is 2.02. The Morgan fingerprint density at radius 2 is 2.12 bits per heavy atom. The van der Waals surface area contributed by atoms with Crippen LogP contribution in [0.5, 0.6) is 0 Å². The third-order valence-electron chi connectivity index (χ3n) is 1.18. The molecular formula is C6H10OS. The van der Waals surface area contributed by atoms with E-state index in [1.807, 2.05) is 6.92 Å². The standard InChI is InChI=1S/C6H10OS/c1-4-5(2)8-6(3)7-4/h6H,1-3H3. The van der Waals surface area contributed by atoms with Crippen LogP contribution in [0.4, 0.5) is 0 Å². The fraction of sp³-hybridized carbons (Fsp3) is 0.667. The topological polar surface area (TPSA) is 9.23 Å². The normalized spacial score (nSPS) is 28.6. The van der Waals surface area contributed by atoms with E-state index in [9.17, 15) is 0 Å². The molecule has 0 aromatic rings. The Hall–Kier alpha value is -0.110. The molecule has 0 amide bonds. The SMILES string of the molecule is CC1=C(C)SC(C)O1. The average molecular weight is 130 g/mol. The molecule has 0 aromatic carbocycles. The van der Waals surface area contributed by atoms with Gasteiger partial charge in [0.2, 0.25) is 0 Å². The van der Waals surface area contributed by atoms with Gasteiger partial charge in [0.25, 0.3) is 0 Å². The fourth-order valence-electron chi connectivity index (χ4n) is 0.688. The van der Waals surface area contributed by atoms with Crippen molar-refractivity contribution < 1.29 is 4.74 Å². The molecule has 0 fully saturated rings. The molecule has 1 nitrogen and oxygen atoms in total. The fourth-order valence-corrected chi connectivity index (χ4v) is 1.59. The smallest absolute Gasteiger partial charge is 0.145 e. The zero-order valence-electron chi connectivity index (χ0n) is 5.39. The predicted molar refractivity (Wildman–Crippen MR) is 36.5 cm³/mol. The maximum Gasteiger partial charge on any atom is 0.145 e. The highest BCUT2D eigenvalue weighted by Crippen LogP contribution is 2.33. The van der Waals surface area contributed by atoms with Crippen molar-refractivity contribution in [3.8, 4) is 0 Å². The lowest BCUT2D eigenvalue weighted by Crippen LogP contribution is -1.91. The Bertz CT molecular complexity index is 114. The van der Waals surface area contributed by atoms with Crippen LogP contribution in [-0.2, 0) is 4.74 Å². The van der Waals surface area contributed by atoms with Crippen LogP contribution in [0.25, 0.3) is 0 Å². The summed E-state index contributed by atoms with van der Waals surface area (Å²) in [5, 5.41) is 0. The predicted octanol–water partition coefficient (Wildman–Crippen LogP) is 2.35. The number of allylic oxidation sites excluding steroid dienone is 2. The number of thioether (sulfide) groups is 1. The number of rotatable bonds is 0. The Labute approximate surface area is 54.1 Å². The van der Waals surface area contributed by atoms with Crippen molar-refractivity contribution in [1.29, 1.82) is 0 Å². The third kappa shape index (κ3) is 0.996. The minimum Gasteiger partial charge on any atom is -0.484 e. The first-order valence-corrected chi connectivity index (χ1v) is 3.59. The molecule has 1 atom stereocenters. The monoisotopic (exact) mass is 130 g/mol. The van der Waals surface area contributed by atoms with Crippen LogP contribution in [0.1, 0.15) is 20.8 Å². The van der Waals surface area contributed by atoms with Gasteiger partial charge in [0.1, 0.15) is 11.2 Å². The minimum absolute atomic E-state index is 0.343. The van der Waals surface area contributed by atoms with Gasteiger partial charge in [-0.15, -0.1) is 0 Å². The molecule has 0 N–H and O–H groups in total. The summed E-state index contributed by atoms with van der Waals surface area (Å²) >= 11 is 1.79.